The van der Waals surface area contributed by atoms with E-state index in [4.69, 9.17) is 0 Å². The van der Waals surface area contributed by atoms with E-state index in [0.717, 1.165) is 12.7 Å². The number of sulfone groups is 1. The third-order valence-corrected chi connectivity index (χ3v) is 3.68. The molecule has 0 aliphatic rings. The van der Waals surface area contributed by atoms with Gasteiger partial charge in [-0.15, -0.1) is 0 Å². The number of hydrogen-bond acceptors (Lipinski definition) is 3. The summed E-state index contributed by atoms with van der Waals surface area (Å²) in [4.78, 5) is 12.0. The maximum absolute atomic E-state index is 11.9. The van der Waals surface area contributed by atoms with Crippen molar-refractivity contribution >= 4 is 15.7 Å². The van der Waals surface area contributed by atoms with Gasteiger partial charge in [-0.3, -0.25) is 4.79 Å². The largest absolute Gasteiger partial charge is 0.350 e. The minimum absolute atomic E-state index is 0.0233. The molecule has 1 aromatic rings. The third-order valence-electron chi connectivity index (χ3n) is 2.52. The standard InChI is InChI=1S/C12H17NO3S/c1-4-9(2)13-12(14)10-7-5-6-8-11(10)17(3,15)16/h5-9H,4H2,1-3H3,(H,13,14). The van der Waals surface area contributed by atoms with Crippen LogP contribution in [-0.2, 0) is 9.84 Å². The molecule has 0 saturated carbocycles. The van der Waals surface area contributed by atoms with Crippen LogP contribution in [-0.4, -0.2) is 26.6 Å². The van der Waals surface area contributed by atoms with E-state index in [1.54, 1.807) is 12.1 Å². The summed E-state index contributed by atoms with van der Waals surface area (Å²) in [6.45, 7) is 3.83. The molecule has 0 aromatic heterocycles. The predicted octanol–water partition coefficient (Wildman–Crippen LogP) is 1.62. The van der Waals surface area contributed by atoms with Crippen LogP contribution in [0, 0.1) is 0 Å². The molecule has 1 amide bonds. The van der Waals surface area contributed by atoms with Gasteiger partial charge in [0.1, 0.15) is 0 Å². The SMILES string of the molecule is CCC(C)NC(=O)c1ccccc1S(C)(=O)=O. The second-order valence-electron chi connectivity index (χ2n) is 4.05. The highest BCUT2D eigenvalue weighted by Crippen LogP contribution is 2.15. The summed E-state index contributed by atoms with van der Waals surface area (Å²) in [5.74, 6) is -0.347. The fourth-order valence-corrected chi connectivity index (χ4v) is 2.27. The van der Waals surface area contributed by atoms with E-state index >= 15 is 0 Å². The first kappa shape index (κ1) is 13.7. The van der Waals surface area contributed by atoms with Gasteiger partial charge in [-0.25, -0.2) is 8.42 Å². The number of amides is 1. The van der Waals surface area contributed by atoms with E-state index in [2.05, 4.69) is 5.32 Å². The highest BCUT2D eigenvalue weighted by molar-refractivity contribution is 7.90. The first-order chi connectivity index (χ1) is 7.86. The van der Waals surface area contributed by atoms with Crippen LogP contribution in [0.1, 0.15) is 30.6 Å². The third kappa shape index (κ3) is 3.56. The molecule has 0 saturated heterocycles. The normalized spacial score (nSPS) is 13.1. The van der Waals surface area contributed by atoms with Crippen molar-refractivity contribution in [3.8, 4) is 0 Å². The van der Waals surface area contributed by atoms with E-state index < -0.39 is 9.84 Å². The highest BCUT2D eigenvalue weighted by Gasteiger charge is 2.18. The van der Waals surface area contributed by atoms with Crippen LogP contribution in [0.3, 0.4) is 0 Å². The van der Waals surface area contributed by atoms with E-state index in [9.17, 15) is 13.2 Å². The lowest BCUT2D eigenvalue weighted by Gasteiger charge is -2.13. The Morgan fingerprint density at radius 2 is 1.94 bits per heavy atom. The summed E-state index contributed by atoms with van der Waals surface area (Å²) in [5, 5.41) is 2.75. The van der Waals surface area contributed by atoms with E-state index in [0.29, 0.717) is 0 Å². The average Bonchev–Trinajstić information content (AvgIpc) is 2.27. The molecule has 0 heterocycles. The molecule has 17 heavy (non-hydrogen) atoms. The lowest BCUT2D eigenvalue weighted by atomic mass is 10.2. The number of nitrogens with one attached hydrogen (secondary N) is 1. The number of hydrogen-bond donors (Lipinski definition) is 1. The van der Waals surface area contributed by atoms with Crippen LogP contribution >= 0.6 is 0 Å². The summed E-state index contributed by atoms with van der Waals surface area (Å²) in [6.07, 6.45) is 1.90. The Bertz CT molecular complexity index is 508. The lowest BCUT2D eigenvalue weighted by molar-refractivity contribution is 0.0936. The fraction of sp³-hybridized carbons (Fsp3) is 0.417. The zero-order valence-corrected chi connectivity index (χ0v) is 11.0. The fourth-order valence-electron chi connectivity index (χ4n) is 1.38. The number of carbonyl (C=O) groups is 1. The van der Waals surface area contributed by atoms with Crippen LogP contribution in [0.25, 0.3) is 0 Å². The molecule has 0 aliphatic carbocycles. The monoisotopic (exact) mass is 255 g/mol. The maximum atomic E-state index is 11.9. The minimum Gasteiger partial charge on any atom is -0.350 e. The van der Waals surface area contributed by atoms with Crippen molar-refractivity contribution in [2.75, 3.05) is 6.26 Å². The summed E-state index contributed by atoms with van der Waals surface area (Å²) in [7, 11) is -3.38. The Balaban J connectivity index is 3.11. The molecule has 5 heteroatoms. The van der Waals surface area contributed by atoms with Crippen molar-refractivity contribution in [3.05, 3.63) is 29.8 Å². The van der Waals surface area contributed by atoms with Gasteiger partial charge in [0.25, 0.3) is 5.91 Å². The van der Waals surface area contributed by atoms with Gasteiger partial charge in [-0.2, -0.15) is 0 Å². The average molecular weight is 255 g/mol. The first-order valence-corrected chi connectivity index (χ1v) is 7.35. The van der Waals surface area contributed by atoms with Gasteiger partial charge in [0.05, 0.1) is 10.5 Å². The van der Waals surface area contributed by atoms with Crippen molar-refractivity contribution in [2.24, 2.45) is 0 Å². The second-order valence-corrected chi connectivity index (χ2v) is 6.04. The van der Waals surface area contributed by atoms with Gasteiger partial charge in [0.15, 0.2) is 9.84 Å². The van der Waals surface area contributed by atoms with Gasteiger partial charge >= 0.3 is 0 Å². The smallest absolute Gasteiger partial charge is 0.252 e. The number of carbonyl (C=O) groups excluding carboxylic acids is 1. The molecule has 94 valence electrons. The summed E-state index contributed by atoms with van der Waals surface area (Å²) in [5.41, 5.74) is 0.204. The zero-order chi connectivity index (χ0) is 13.1. The molecule has 1 aromatic carbocycles. The van der Waals surface area contributed by atoms with Crippen molar-refractivity contribution in [1.82, 2.24) is 5.32 Å². The molecule has 1 atom stereocenters. The van der Waals surface area contributed by atoms with Crippen molar-refractivity contribution in [3.63, 3.8) is 0 Å². The van der Waals surface area contributed by atoms with Gasteiger partial charge in [0, 0.05) is 12.3 Å². The number of benzene rings is 1. The van der Waals surface area contributed by atoms with Crippen molar-refractivity contribution in [2.45, 2.75) is 31.2 Å². The Labute approximate surface area is 102 Å². The van der Waals surface area contributed by atoms with Crippen LogP contribution < -0.4 is 5.32 Å². The van der Waals surface area contributed by atoms with Gasteiger partial charge < -0.3 is 5.32 Å². The van der Waals surface area contributed by atoms with E-state index in [1.807, 2.05) is 13.8 Å². The van der Waals surface area contributed by atoms with Gasteiger partial charge in [-0.1, -0.05) is 19.1 Å². The Kier molecular flexibility index (Phi) is 4.28. The molecular formula is C12H17NO3S. The first-order valence-electron chi connectivity index (χ1n) is 5.46. The van der Waals surface area contributed by atoms with Crippen LogP contribution in [0.4, 0.5) is 0 Å². The van der Waals surface area contributed by atoms with E-state index in [-0.39, 0.29) is 22.4 Å². The topological polar surface area (TPSA) is 63.2 Å². The van der Waals surface area contributed by atoms with Gasteiger partial charge in [0.2, 0.25) is 0 Å². The maximum Gasteiger partial charge on any atom is 0.252 e. The second kappa shape index (κ2) is 5.31. The lowest BCUT2D eigenvalue weighted by Crippen LogP contribution is -2.32. The molecular weight excluding hydrogens is 238 g/mol. The minimum atomic E-state index is -3.38. The zero-order valence-electron chi connectivity index (χ0n) is 10.2. The molecule has 0 aliphatic heterocycles. The Hall–Kier alpha value is -1.36. The molecule has 0 bridgehead atoms. The van der Waals surface area contributed by atoms with Crippen molar-refractivity contribution < 1.29 is 13.2 Å². The number of rotatable bonds is 4. The quantitative estimate of drug-likeness (QED) is 0.889. The molecule has 1 N–H and O–H groups in total. The summed E-state index contributed by atoms with van der Waals surface area (Å²) < 4.78 is 23.1. The Morgan fingerprint density at radius 1 is 1.35 bits per heavy atom. The van der Waals surface area contributed by atoms with Crippen molar-refractivity contribution in [1.29, 1.82) is 0 Å². The molecule has 4 nitrogen and oxygen atoms in total. The summed E-state index contributed by atoms with van der Waals surface area (Å²) >= 11 is 0. The molecule has 0 fully saturated rings. The predicted molar refractivity (Wildman–Crippen MR) is 66.8 cm³/mol. The Morgan fingerprint density at radius 3 is 2.47 bits per heavy atom. The molecule has 1 unspecified atom stereocenters. The van der Waals surface area contributed by atoms with Crippen LogP contribution in [0.5, 0.6) is 0 Å². The van der Waals surface area contributed by atoms with E-state index in [1.165, 1.54) is 12.1 Å². The highest BCUT2D eigenvalue weighted by atomic mass is 32.2. The molecule has 1 rings (SSSR count). The summed E-state index contributed by atoms with van der Waals surface area (Å²) in [6, 6.07) is 6.25. The van der Waals surface area contributed by atoms with Crippen LogP contribution in [0.15, 0.2) is 29.2 Å². The molecule has 0 radical (unpaired) electrons. The van der Waals surface area contributed by atoms with Crippen LogP contribution in [0.2, 0.25) is 0 Å². The van der Waals surface area contributed by atoms with Gasteiger partial charge in [-0.05, 0) is 25.5 Å². The molecule has 0 spiro atoms.